The lowest BCUT2D eigenvalue weighted by Gasteiger charge is -2.13. The van der Waals surface area contributed by atoms with Gasteiger partial charge < -0.3 is 10.5 Å². The van der Waals surface area contributed by atoms with Gasteiger partial charge in [-0.15, -0.1) is 0 Å². The van der Waals surface area contributed by atoms with Crippen molar-refractivity contribution in [2.45, 2.75) is 38.5 Å². The van der Waals surface area contributed by atoms with Crippen molar-refractivity contribution in [1.82, 2.24) is 0 Å². The maximum atomic E-state index is 5.71. The predicted molar refractivity (Wildman–Crippen MR) is 32.6 cm³/mol. The molecular weight excluding hydrogens is 102 g/mol. The second-order valence-electron chi connectivity index (χ2n) is 3.08. The van der Waals surface area contributed by atoms with Crippen molar-refractivity contribution in [2.75, 3.05) is 0 Å². The molecule has 2 atom stereocenters. The minimum absolute atomic E-state index is 0.139. The topological polar surface area (TPSA) is 38.5 Å². The van der Waals surface area contributed by atoms with E-state index in [1.165, 1.54) is 0 Å². The molecule has 2 N–H and O–H groups in total. The van der Waals surface area contributed by atoms with Crippen LogP contribution >= 0.6 is 0 Å². The third-order valence-corrected chi connectivity index (χ3v) is 1.44. The lowest BCUT2D eigenvalue weighted by molar-refractivity contribution is 0.311. The first-order chi connectivity index (χ1) is 3.52. The molecule has 1 fully saturated rings. The summed E-state index contributed by atoms with van der Waals surface area (Å²) in [6.07, 6.45) is 0.678. The molecule has 0 aromatic rings. The zero-order valence-corrected chi connectivity index (χ0v) is 5.64. The van der Waals surface area contributed by atoms with Gasteiger partial charge in [0.05, 0.1) is 6.10 Å². The van der Waals surface area contributed by atoms with Crippen molar-refractivity contribution in [3.05, 3.63) is 0 Å². The molecule has 0 bridgehead atoms. The highest BCUT2D eigenvalue weighted by molar-refractivity contribution is 4.96. The standard InChI is InChI=1S/C6H13NO/c1-4-5(8-4)6(2,3)7/h4-5H,7H2,1-3H3. The first kappa shape index (κ1) is 6.05. The van der Waals surface area contributed by atoms with Crippen LogP contribution in [0.25, 0.3) is 0 Å². The Bertz CT molecular complexity index is 95.2. The van der Waals surface area contributed by atoms with Crippen molar-refractivity contribution in [3.63, 3.8) is 0 Å². The van der Waals surface area contributed by atoms with E-state index in [-0.39, 0.29) is 5.54 Å². The Labute approximate surface area is 50.0 Å². The first-order valence-corrected chi connectivity index (χ1v) is 2.96. The summed E-state index contributed by atoms with van der Waals surface area (Å²) in [5.74, 6) is 0. The van der Waals surface area contributed by atoms with Crippen LogP contribution in [0.15, 0.2) is 0 Å². The second-order valence-corrected chi connectivity index (χ2v) is 3.08. The van der Waals surface area contributed by atoms with E-state index in [4.69, 9.17) is 10.5 Å². The van der Waals surface area contributed by atoms with Crippen LogP contribution < -0.4 is 5.73 Å². The Balaban J connectivity index is 2.39. The summed E-state index contributed by atoms with van der Waals surface area (Å²) in [5, 5.41) is 0. The number of rotatable bonds is 1. The van der Waals surface area contributed by atoms with Gasteiger partial charge in [-0.2, -0.15) is 0 Å². The fraction of sp³-hybridized carbons (Fsp3) is 1.00. The van der Waals surface area contributed by atoms with Crippen molar-refractivity contribution < 1.29 is 4.74 Å². The van der Waals surface area contributed by atoms with Crippen LogP contribution in [0.2, 0.25) is 0 Å². The van der Waals surface area contributed by atoms with E-state index in [1.807, 2.05) is 20.8 Å². The SMILES string of the molecule is CC1OC1C(C)(C)N. The van der Waals surface area contributed by atoms with Crippen LogP contribution in [0.5, 0.6) is 0 Å². The molecule has 1 aliphatic heterocycles. The number of hydrogen-bond acceptors (Lipinski definition) is 2. The number of hydrogen-bond donors (Lipinski definition) is 1. The van der Waals surface area contributed by atoms with E-state index in [9.17, 15) is 0 Å². The summed E-state index contributed by atoms with van der Waals surface area (Å²) in [7, 11) is 0. The molecule has 2 nitrogen and oxygen atoms in total. The van der Waals surface area contributed by atoms with E-state index in [0.717, 1.165) is 0 Å². The van der Waals surface area contributed by atoms with Crippen molar-refractivity contribution in [2.24, 2.45) is 5.73 Å². The molecule has 2 unspecified atom stereocenters. The first-order valence-electron chi connectivity index (χ1n) is 2.96. The van der Waals surface area contributed by atoms with E-state index in [2.05, 4.69) is 0 Å². The quantitative estimate of drug-likeness (QED) is 0.506. The molecule has 0 aromatic carbocycles. The van der Waals surface area contributed by atoms with Gasteiger partial charge in [0.2, 0.25) is 0 Å². The fourth-order valence-electron chi connectivity index (χ4n) is 0.966. The normalized spacial score (nSPS) is 37.5. The van der Waals surface area contributed by atoms with Crippen molar-refractivity contribution in [1.29, 1.82) is 0 Å². The molecule has 0 aromatic heterocycles. The van der Waals surface area contributed by atoms with Crippen molar-refractivity contribution >= 4 is 0 Å². The van der Waals surface area contributed by atoms with E-state index in [1.54, 1.807) is 0 Å². The van der Waals surface area contributed by atoms with Gasteiger partial charge in [0.25, 0.3) is 0 Å². The summed E-state index contributed by atoms with van der Waals surface area (Å²) >= 11 is 0. The van der Waals surface area contributed by atoms with Crippen LogP contribution in [-0.4, -0.2) is 17.7 Å². The smallest absolute Gasteiger partial charge is 0.101 e. The highest BCUT2D eigenvalue weighted by atomic mass is 16.6. The molecule has 0 aliphatic carbocycles. The van der Waals surface area contributed by atoms with Gasteiger partial charge in [-0.25, -0.2) is 0 Å². The minimum atomic E-state index is -0.139. The molecule has 0 radical (unpaired) electrons. The monoisotopic (exact) mass is 115 g/mol. The van der Waals surface area contributed by atoms with Gasteiger partial charge in [-0.05, 0) is 20.8 Å². The molecule has 1 heterocycles. The molecule has 0 saturated carbocycles. The lowest BCUT2D eigenvalue weighted by atomic mass is 10.0. The Morgan fingerprint density at radius 1 is 1.50 bits per heavy atom. The Hall–Kier alpha value is -0.0800. The summed E-state index contributed by atoms with van der Waals surface area (Å²) in [4.78, 5) is 0. The molecule has 1 aliphatic rings. The molecule has 1 rings (SSSR count). The maximum Gasteiger partial charge on any atom is 0.101 e. The van der Waals surface area contributed by atoms with Gasteiger partial charge in [0.15, 0.2) is 0 Å². The molecule has 0 amide bonds. The zero-order valence-electron chi connectivity index (χ0n) is 5.64. The molecule has 0 spiro atoms. The van der Waals surface area contributed by atoms with Gasteiger partial charge in [-0.1, -0.05) is 0 Å². The third-order valence-electron chi connectivity index (χ3n) is 1.44. The van der Waals surface area contributed by atoms with Gasteiger partial charge in [0, 0.05) is 5.54 Å². The Morgan fingerprint density at radius 3 is 1.88 bits per heavy atom. The van der Waals surface area contributed by atoms with Gasteiger partial charge in [-0.3, -0.25) is 0 Å². The second kappa shape index (κ2) is 1.45. The van der Waals surface area contributed by atoms with Crippen LogP contribution in [-0.2, 0) is 4.74 Å². The average molecular weight is 115 g/mol. The summed E-state index contributed by atoms with van der Waals surface area (Å²) in [6.45, 7) is 6.02. The average Bonchev–Trinajstić information content (AvgIpc) is 2.13. The molecule has 48 valence electrons. The Morgan fingerprint density at radius 2 is 1.88 bits per heavy atom. The fourth-order valence-corrected chi connectivity index (χ4v) is 0.966. The van der Waals surface area contributed by atoms with Crippen molar-refractivity contribution in [3.8, 4) is 0 Å². The zero-order chi connectivity index (χ0) is 6.36. The summed E-state index contributed by atoms with van der Waals surface area (Å²) < 4.78 is 5.16. The number of nitrogens with two attached hydrogens (primary N) is 1. The largest absolute Gasteiger partial charge is 0.368 e. The van der Waals surface area contributed by atoms with E-state index in [0.29, 0.717) is 12.2 Å². The third kappa shape index (κ3) is 1.01. The predicted octanol–water partition coefficient (Wildman–Crippen LogP) is 0.511. The van der Waals surface area contributed by atoms with Gasteiger partial charge in [0.1, 0.15) is 6.10 Å². The molecule has 8 heavy (non-hydrogen) atoms. The highest BCUT2D eigenvalue weighted by Gasteiger charge is 2.44. The lowest BCUT2D eigenvalue weighted by Crippen LogP contribution is -2.39. The van der Waals surface area contributed by atoms with Crippen LogP contribution in [0.1, 0.15) is 20.8 Å². The Kier molecular flexibility index (Phi) is 1.10. The van der Waals surface area contributed by atoms with E-state index < -0.39 is 0 Å². The number of epoxide rings is 1. The van der Waals surface area contributed by atoms with Crippen LogP contribution in [0, 0.1) is 0 Å². The summed E-state index contributed by atoms with van der Waals surface area (Å²) in [6, 6.07) is 0. The summed E-state index contributed by atoms with van der Waals surface area (Å²) in [5.41, 5.74) is 5.57. The van der Waals surface area contributed by atoms with Gasteiger partial charge >= 0.3 is 0 Å². The molecule has 2 heteroatoms. The molecule has 1 saturated heterocycles. The van der Waals surface area contributed by atoms with E-state index >= 15 is 0 Å². The highest BCUT2D eigenvalue weighted by Crippen LogP contribution is 2.29. The number of ether oxygens (including phenoxy) is 1. The maximum absolute atomic E-state index is 5.71. The van der Waals surface area contributed by atoms with Crippen LogP contribution in [0.4, 0.5) is 0 Å². The minimum Gasteiger partial charge on any atom is -0.368 e. The molecular formula is C6H13NO. The van der Waals surface area contributed by atoms with Crippen LogP contribution in [0.3, 0.4) is 0 Å².